The maximum atomic E-state index is 13.7. The SMILES string of the molecule is Nc1nc2c(c(Nc3ccccc3F)n1)CCNC2. The Balaban J connectivity index is 2.01. The van der Waals surface area contributed by atoms with Crippen molar-refractivity contribution in [1.82, 2.24) is 15.3 Å². The molecule has 0 atom stereocenters. The molecule has 3 rings (SSSR count). The number of nitrogen functional groups attached to an aromatic ring is 1. The van der Waals surface area contributed by atoms with Crippen LogP contribution in [-0.2, 0) is 13.0 Å². The summed E-state index contributed by atoms with van der Waals surface area (Å²) in [5.41, 5.74) is 7.95. The summed E-state index contributed by atoms with van der Waals surface area (Å²) in [6.07, 6.45) is 0.798. The van der Waals surface area contributed by atoms with Crippen molar-refractivity contribution in [1.29, 1.82) is 0 Å². The topological polar surface area (TPSA) is 75.9 Å². The van der Waals surface area contributed by atoms with Gasteiger partial charge in [0.25, 0.3) is 0 Å². The molecule has 0 spiro atoms. The minimum absolute atomic E-state index is 0.196. The molecule has 0 saturated carbocycles. The maximum absolute atomic E-state index is 13.7. The van der Waals surface area contributed by atoms with Gasteiger partial charge in [0.15, 0.2) is 0 Å². The Morgan fingerprint density at radius 2 is 2.11 bits per heavy atom. The summed E-state index contributed by atoms with van der Waals surface area (Å²) in [5.74, 6) is 0.470. The Bertz CT molecular complexity index is 614. The molecular formula is C13H14FN5. The van der Waals surface area contributed by atoms with Crippen LogP contribution in [0.3, 0.4) is 0 Å². The fourth-order valence-electron chi connectivity index (χ4n) is 2.17. The summed E-state index contributed by atoms with van der Waals surface area (Å²) < 4.78 is 13.7. The van der Waals surface area contributed by atoms with Gasteiger partial charge >= 0.3 is 0 Å². The molecule has 19 heavy (non-hydrogen) atoms. The van der Waals surface area contributed by atoms with Crippen LogP contribution in [0.5, 0.6) is 0 Å². The van der Waals surface area contributed by atoms with Crippen LogP contribution in [0.2, 0.25) is 0 Å². The first-order chi connectivity index (χ1) is 9.24. The largest absolute Gasteiger partial charge is 0.368 e. The van der Waals surface area contributed by atoms with E-state index in [1.807, 2.05) is 0 Å². The fraction of sp³-hybridized carbons (Fsp3) is 0.231. The van der Waals surface area contributed by atoms with Crippen molar-refractivity contribution in [2.24, 2.45) is 0 Å². The van der Waals surface area contributed by atoms with Crippen molar-refractivity contribution in [3.8, 4) is 0 Å². The highest BCUT2D eigenvalue weighted by atomic mass is 19.1. The number of para-hydroxylation sites is 1. The Kier molecular flexibility index (Phi) is 3.00. The molecule has 0 amide bonds. The minimum atomic E-state index is -0.317. The highest BCUT2D eigenvalue weighted by Crippen LogP contribution is 2.25. The number of nitrogens with one attached hydrogen (secondary N) is 2. The molecule has 0 unspecified atom stereocenters. The van der Waals surface area contributed by atoms with E-state index in [1.165, 1.54) is 6.07 Å². The van der Waals surface area contributed by atoms with Crippen molar-refractivity contribution in [3.05, 3.63) is 41.3 Å². The average Bonchev–Trinajstić information content (AvgIpc) is 2.41. The van der Waals surface area contributed by atoms with Crippen molar-refractivity contribution in [2.45, 2.75) is 13.0 Å². The van der Waals surface area contributed by atoms with Gasteiger partial charge in [-0.2, -0.15) is 4.98 Å². The lowest BCUT2D eigenvalue weighted by atomic mass is 10.1. The van der Waals surface area contributed by atoms with Gasteiger partial charge < -0.3 is 16.4 Å². The Morgan fingerprint density at radius 1 is 1.26 bits per heavy atom. The van der Waals surface area contributed by atoms with Gasteiger partial charge in [0, 0.05) is 12.1 Å². The number of halogens is 1. The molecule has 1 aliphatic rings. The van der Waals surface area contributed by atoms with Crippen LogP contribution in [0.25, 0.3) is 0 Å². The number of aromatic nitrogens is 2. The standard InChI is InChI=1S/C13H14FN5/c14-9-3-1-2-4-10(9)17-12-8-5-6-16-7-11(8)18-13(15)19-12/h1-4,16H,5-7H2,(H3,15,17,18,19). The van der Waals surface area contributed by atoms with E-state index in [1.54, 1.807) is 18.2 Å². The van der Waals surface area contributed by atoms with Crippen LogP contribution in [-0.4, -0.2) is 16.5 Å². The van der Waals surface area contributed by atoms with E-state index in [-0.39, 0.29) is 11.8 Å². The van der Waals surface area contributed by atoms with E-state index < -0.39 is 0 Å². The summed E-state index contributed by atoms with van der Waals surface area (Å²) in [4.78, 5) is 8.39. The second-order valence-corrected chi connectivity index (χ2v) is 4.39. The van der Waals surface area contributed by atoms with E-state index in [9.17, 15) is 4.39 Å². The Morgan fingerprint density at radius 3 is 2.95 bits per heavy atom. The molecule has 4 N–H and O–H groups in total. The van der Waals surface area contributed by atoms with E-state index in [0.717, 1.165) is 24.2 Å². The third-order valence-electron chi connectivity index (χ3n) is 3.08. The quantitative estimate of drug-likeness (QED) is 0.763. The molecule has 1 aromatic carbocycles. The minimum Gasteiger partial charge on any atom is -0.368 e. The molecular weight excluding hydrogens is 245 g/mol. The lowest BCUT2D eigenvalue weighted by Gasteiger charge is -2.20. The molecule has 0 saturated heterocycles. The summed E-state index contributed by atoms with van der Waals surface area (Å²) in [5, 5.41) is 6.23. The molecule has 0 fully saturated rings. The lowest BCUT2D eigenvalue weighted by molar-refractivity contribution is 0.624. The third-order valence-corrected chi connectivity index (χ3v) is 3.08. The zero-order valence-corrected chi connectivity index (χ0v) is 10.3. The van der Waals surface area contributed by atoms with Crippen molar-refractivity contribution in [2.75, 3.05) is 17.6 Å². The summed E-state index contributed by atoms with van der Waals surface area (Å²) in [6.45, 7) is 1.51. The normalized spacial score (nSPS) is 13.9. The number of benzene rings is 1. The molecule has 6 heteroatoms. The molecule has 1 aromatic heterocycles. The predicted octanol–water partition coefficient (Wildman–Crippen LogP) is 1.59. The summed E-state index contributed by atoms with van der Waals surface area (Å²) in [7, 11) is 0. The van der Waals surface area contributed by atoms with Gasteiger partial charge in [-0.3, -0.25) is 0 Å². The van der Waals surface area contributed by atoms with Crippen LogP contribution in [0.15, 0.2) is 24.3 Å². The molecule has 98 valence electrons. The number of hydrogen-bond acceptors (Lipinski definition) is 5. The van der Waals surface area contributed by atoms with Crippen molar-refractivity contribution >= 4 is 17.5 Å². The smallest absolute Gasteiger partial charge is 0.222 e. The second kappa shape index (κ2) is 4.81. The van der Waals surface area contributed by atoms with Gasteiger partial charge in [-0.05, 0) is 25.1 Å². The zero-order chi connectivity index (χ0) is 13.2. The first kappa shape index (κ1) is 11.9. The number of anilines is 3. The predicted molar refractivity (Wildman–Crippen MR) is 71.5 cm³/mol. The third kappa shape index (κ3) is 2.34. The molecule has 0 bridgehead atoms. The Hall–Kier alpha value is -2.21. The number of fused-ring (bicyclic) bond motifs is 1. The number of rotatable bonds is 2. The molecule has 2 heterocycles. The summed E-state index contributed by atoms with van der Waals surface area (Å²) >= 11 is 0. The fourth-order valence-corrected chi connectivity index (χ4v) is 2.17. The molecule has 0 aliphatic carbocycles. The monoisotopic (exact) mass is 259 g/mol. The van der Waals surface area contributed by atoms with Gasteiger partial charge in [0.1, 0.15) is 11.6 Å². The van der Waals surface area contributed by atoms with E-state index in [2.05, 4.69) is 20.6 Å². The van der Waals surface area contributed by atoms with Crippen LogP contribution in [0.4, 0.5) is 21.8 Å². The molecule has 0 radical (unpaired) electrons. The summed E-state index contributed by atoms with van der Waals surface area (Å²) in [6, 6.07) is 6.49. The molecule has 1 aliphatic heterocycles. The van der Waals surface area contributed by atoms with Gasteiger partial charge in [-0.25, -0.2) is 9.37 Å². The van der Waals surface area contributed by atoms with Gasteiger partial charge in [0.05, 0.1) is 11.4 Å². The van der Waals surface area contributed by atoms with Gasteiger partial charge in [0.2, 0.25) is 5.95 Å². The van der Waals surface area contributed by atoms with Crippen LogP contribution in [0.1, 0.15) is 11.3 Å². The first-order valence-corrected chi connectivity index (χ1v) is 6.11. The Labute approximate surface area is 110 Å². The number of nitrogens with zero attached hydrogens (tertiary/aromatic N) is 2. The average molecular weight is 259 g/mol. The van der Waals surface area contributed by atoms with E-state index in [0.29, 0.717) is 18.1 Å². The highest BCUT2D eigenvalue weighted by molar-refractivity contribution is 5.62. The van der Waals surface area contributed by atoms with Gasteiger partial charge in [-0.1, -0.05) is 12.1 Å². The second-order valence-electron chi connectivity index (χ2n) is 4.39. The highest BCUT2D eigenvalue weighted by Gasteiger charge is 2.17. The van der Waals surface area contributed by atoms with Crippen LogP contribution < -0.4 is 16.4 Å². The first-order valence-electron chi connectivity index (χ1n) is 6.11. The van der Waals surface area contributed by atoms with Crippen LogP contribution >= 0.6 is 0 Å². The molecule has 2 aromatic rings. The molecule has 5 nitrogen and oxygen atoms in total. The van der Waals surface area contributed by atoms with E-state index in [4.69, 9.17) is 5.73 Å². The van der Waals surface area contributed by atoms with Crippen molar-refractivity contribution in [3.63, 3.8) is 0 Å². The maximum Gasteiger partial charge on any atom is 0.222 e. The number of nitrogens with two attached hydrogens (primary N) is 1. The lowest BCUT2D eigenvalue weighted by Crippen LogP contribution is -2.26. The zero-order valence-electron chi connectivity index (χ0n) is 10.3. The van der Waals surface area contributed by atoms with Crippen LogP contribution in [0, 0.1) is 5.82 Å². The number of hydrogen-bond donors (Lipinski definition) is 3. The van der Waals surface area contributed by atoms with Gasteiger partial charge in [-0.15, -0.1) is 0 Å². The van der Waals surface area contributed by atoms with E-state index >= 15 is 0 Å². The van der Waals surface area contributed by atoms with Crippen molar-refractivity contribution < 1.29 is 4.39 Å².